The number of rotatable bonds is 5. The Hall–Kier alpha value is -0.900. The zero-order chi connectivity index (χ0) is 14.5. The molecule has 0 saturated heterocycles. The molecule has 0 fully saturated rings. The molecule has 0 spiro atoms. The summed E-state index contributed by atoms with van der Waals surface area (Å²) in [6, 6.07) is 12.3. The van der Waals surface area contributed by atoms with E-state index in [1.807, 2.05) is 24.3 Å². The maximum atomic E-state index is 13.5. The minimum atomic E-state index is -0.226. The van der Waals surface area contributed by atoms with Crippen molar-refractivity contribution in [2.24, 2.45) is 0 Å². The van der Waals surface area contributed by atoms with E-state index in [4.69, 9.17) is 11.6 Å². The lowest BCUT2D eigenvalue weighted by Gasteiger charge is -2.21. The molecule has 0 amide bonds. The molecule has 0 radical (unpaired) electrons. The van der Waals surface area contributed by atoms with E-state index in [0.29, 0.717) is 5.02 Å². The van der Waals surface area contributed by atoms with E-state index in [1.165, 1.54) is 6.07 Å². The Balaban J connectivity index is 2.41. The second kappa shape index (κ2) is 7.21. The van der Waals surface area contributed by atoms with Crippen molar-refractivity contribution < 1.29 is 4.39 Å². The minimum absolute atomic E-state index is 0.0581. The normalized spacial score (nSPS) is 12.4. The van der Waals surface area contributed by atoms with Crippen molar-refractivity contribution >= 4 is 27.5 Å². The number of hydrogen-bond acceptors (Lipinski definition) is 1. The zero-order valence-corrected chi connectivity index (χ0v) is 13.5. The lowest BCUT2D eigenvalue weighted by molar-refractivity contribution is 0.584. The van der Waals surface area contributed by atoms with Crippen LogP contribution in [0.3, 0.4) is 0 Å². The standard InChI is InChI=1S/C16H16BrClFN/c1-2-8-20-16(11-4-3-5-13(19)9-11)14-7-6-12(18)10-15(14)17/h3-7,9-10,16,20H,2,8H2,1H3. The molecule has 0 aliphatic carbocycles. The van der Waals surface area contributed by atoms with Gasteiger partial charge in [0.05, 0.1) is 6.04 Å². The molecule has 2 rings (SSSR count). The van der Waals surface area contributed by atoms with E-state index in [9.17, 15) is 4.39 Å². The first-order valence-corrected chi connectivity index (χ1v) is 7.72. The van der Waals surface area contributed by atoms with Gasteiger partial charge in [0.15, 0.2) is 0 Å². The van der Waals surface area contributed by atoms with Gasteiger partial charge < -0.3 is 5.32 Å². The highest BCUT2D eigenvalue weighted by molar-refractivity contribution is 9.10. The summed E-state index contributed by atoms with van der Waals surface area (Å²) < 4.78 is 14.4. The fraction of sp³-hybridized carbons (Fsp3) is 0.250. The average molecular weight is 357 g/mol. The van der Waals surface area contributed by atoms with Gasteiger partial charge >= 0.3 is 0 Å². The monoisotopic (exact) mass is 355 g/mol. The van der Waals surface area contributed by atoms with Crippen LogP contribution in [-0.4, -0.2) is 6.54 Å². The van der Waals surface area contributed by atoms with Crippen LogP contribution in [0, 0.1) is 5.82 Å². The predicted octanol–water partition coefficient (Wildman–Crippen LogP) is 5.33. The molecular formula is C16H16BrClFN. The van der Waals surface area contributed by atoms with Crippen molar-refractivity contribution in [3.05, 3.63) is 68.9 Å². The first kappa shape index (κ1) is 15.5. The molecule has 0 aliphatic heterocycles. The molecule has 2 aromatic rings. The maximum absolute atomic E-state index is 13.5. The average Bonchev–Trinajstić information content (AvgIpc) is 2.41. The van der Waals surface area contributed by atoms with Gasteiger partial charge in [-0.25, -0.2) is 4.39 Å². The minimum Gasteiger partial charge on any atom is -0.306 e. The lowest BCUT2D eigenvalue weighted by atomic mass is 9.98. The summed E-state index contributed by atoms with van der Waals surface area (Å²) in [7, 11) is 0. The number of hydrogen-bond donors (Lipinski definition) is 1. The summed E-state index contributed by atoms with van der Waals surface area (Å²) in [5, 5.41) is 4.12. The Bertz CT molecular complexity index is 588. The molecule has 1 N–H and O–H groups in total. The van der Waals surface area contributed by atoms with Crippen molar-refractivity contribution in [1.82, 2.24) is 5.32 Å². The Kier molecular flexibility index (Phi) is 5.58. The second-order valence-corrected chi connectivity index (χ2v) is 5.90. The van der Waals surface area contributed by atoms with Gasteiger partial charge in [-0.2, -0.15) is 0 Å². The molecule has 20 heavy (non-hydrogen) atoms. The first-order chi connectivity index (χ1) is 9.61. The first-order valence-electron chi connectivity index (χ1n) is 6.55. The van der Waals surface area contributed by atoms with Gasteiger partial charge in [0.2, 0.25) is 0 Å². The fourth-order valence-electron chi connectivity index (χ4n) is 2.12. The van der Waals surface area contributed by atoms with Crippen molar-refractivity contribution in [3.63, 3.8) is 0 Å². The largest absolute Gasteiger partial charge is 0.306 e. The van der Waals surface area contributed by atoms with Crippen LogP contribution < -0.4 is 5.32 Å². The van der Waals surface area contributed by atoms with Crippen LogP contribution in [0.25, 0.3) is 0 Å². The van der Waals surface area contributed by atoms with Crippen LogP contribution in [0.5, 0.6) is 0 Å². The summed E-state index contributed by atoms with van der Waals surface area (Å²) in [4.78, 5) is 0. The number of nitrogens with one attached hydrogen (secondary N) is 1. The molecule has 0 aliphatic rings. The molecule has 0 aromatic heterocycles. The maximum Gasteiger partial charge on any atom is 0.123 e. The fourth-order valence-corrected chi connectivity index (χ4v) is 3.03. The number of halogens is 3. The molecular weight excluding hydrogens is 341 g/mol. The van der Waals surface area contributed by atoms with Crippen LogP contribution >= 0.6 is 27.5 Å². The third kappa shape index (κ3) is 3.81. The Morgan fingerprint density at radius 1 is 1.25 bits per heavy atom. The van der Waals surface area contributed by atoms with E-state index in [0.717, 1.165) is 28.6 Å². The molecule has 0 saturated carbocycles. The molecule has 2 aromatic carbocycles. The summed E-state index contributed by atoms with van der Waals surface area (Å²) in [5.74, 6) is -0.226. The van der Waals surface area contributed by atoms with Gasteiger partial charge in [0, 0.05) is 9.50 Å². The van der Waals surface area contributed by atoms with Crippen LogP contribution in [0.15, 0.2) is 46.9 Å². The molecule has 1 atom stereocenters. The third-order valence-electron chi connectivity index (χ3n) is 3.05. The van der Waals surface area contributed by atoms with Crippen LogP contribution in [0.4, 0.5) is 4.39 Å². The molecule has 1 nitrogen and oxygen atoms in total. The highest BCUT2D eigenvalue weighted by atomic mass is 79.9. The Morgan fingerprint density at radius 2 is 2.05 bits per heavy atom. The Morgan fingerprint density at radius 3 is 2.70 bits per heavy atom. The lowest BCUT2D eigenvalue weighted by Crippen LogP contribution is -2.23. The summed E-state index contributed by atoms with van der Waals surface area (Å²) in [6.07, 6.45) is 1.01. The predicted molar refractivity (Wildman–Crippen MR) is 85.7 cm³/mol. The van der Waals surface area contributed by atoms with Crippen LogP contribution in [0.2, 0.25) is 5.02 Å². The second-order valence-electron chi connectivity index (χ2n) is 4.61. The highest BCUT2D eigenvalue weighted by Gasteiger charge is 2.16. The Labute approximate surface area is 132 Å². The van der Waals surface area contributed by atoms with Gasteiger partial charge in [0.1, 0.15) is 5.82 Å². The topological polar surface area (TPSA) is 12.0 Å². The van der Waals surface area contributed by atoms with Crippen molar-refractivity contribution in [3.8, 4) is 0 Å². The smallest absolute Gasteiger partial charge is 0.123 e. The van der Waals surface area contributed by atoms with E-state index < -0.39 is 0 Å². The van der Waals surface area contributed by atoms with Crippen molar-refractivity contribution in [2.75, 3.05) is 6.54 Å². The molecule has 1 unspecified atom stereocenters. The third-order valence-corrected chi connectivity index (χ3v) is 3.98. The molecule has 106 valence electrons. The highest BCUT2D eigenvalue weighted by Crippen LogP contribution is 2.31. The summed E-state index contributed by atoms with van der Waals surface area (Å²) in [5.41, 5.74) is 1.95. The summed E-state index contributed by atoms with van der Waals surface area (Å²) >= 11 is 9.52. The van der Waals surface area contributed by atoms with Gasteiger partial charge in [-0.1, -0.05) is 52.7 Å². The van der Waals surface area contributed by atoms with Crippen molar-refractivity contribution in [1.29, 1.82) is 0 Å². The molecule has 4 heteroatoms. The van der Waals surface area contributed by atoms with Crippen molar-refractivity contribution in [2.45, 2.75) is 19.4 Å². The molecule has 0 bridgehead atoms. The van der Waals surface area contributed by atoms with Crippen LogP contribution in [-0.2, 0) is 0 Å². The van der Waals surface area contributed by atoms with E-state index in [-0.39, 0.29) is 11.9 Å². The van der Waals surface area contributed by atoms with E-state index >= 15 is 0 Å². The van der Waals surface area contributed by atoms with Crippen LogP contribution in [0.1, 0.15) is 30.5 Å². The molecule has 0 heterocycles. The van der Waals surface area contributed by atoms with E-state index in [1.54, 1.807) is 12.1 Å². The SMILES string of the molecule is CCCNC(c1cccc(F)c1)c1ccc(Cl)cc1Br. The van der Waals surface area contributed by atoms with Gasteiger partial charge in [-0.05, 0) is 48.4 Å². The van der Waals surface area contributed by atoms with Gasteiger partial charge in [-0.15, -0.1) is 0 Å². The zero-order valence-electron chi connectivity index (χ0n) is 11.2. The number of benzene rings is 2. The van der Waals surface area contributed by atoms with Gasteiger partial charge in [0.25, 0.3) is 0 Å². The summed E-state index contributed by atoms with van der Waals surface area (Å²) in [6.45, 7) is 2.96. The van der Waals surface area contributed by atoms with Gasteiger partial charge in [-0.3, -0.25) is 0 Å². The van der Waals surface area contributed by atoms with E-state index in [2.05, 4.69) is 28.2 Å². The quantitative estimate of drug-likeness (QED) is 0.763.